The molecule has 1 atom stereocenters. The van der Waals surface area contributed by atoms with Gasteiger partial charge in [0.2, 0.25) is 0 Å². The summed E-state index contributed by atoms with van der Waals surface area (Å²) in [5, 5.41) is 0. The molecule has 4 nitrogen and oxygen atoms in total. The summed E-state index contributed by atoms with van der Waals surface area (Å²) in [4.78, 5) is 7.08. The van der Waals surface area contributed by atoms with Crippen LogP contribution in [-0.4, -0.2) is 23.6 Å². The number of aliphatic imine (C=N–C) groups is 1. The van der Waals surface area contributed by atoms with Crippen molar-refractivity contribution >= 4 is 12.0 Å². The number of aromatic nitrogens is 1. The highest BCUT2D eigenvalue weighted by atomic mass is 16.5. The van der Waals surface area contributed by atoms with Crippen molar-refractivity contribution in [1.82, 2.24) is 4.57 Å². The SMILES string of the molecule is COc1cccc(C2c3cccn3-c3ccccc3N2C=NC(C)(C)C)c1. The third kappa shape index (κ3) is 3.23. The van der Waals surface area contributed by atoms with Crippen LogP contribution in [0.25, 0.3) is 5.69 Å². The van der Waals surface area contributed by atoms with E-state index >= 15 is 0 Å². The van der Waals surface area contributed by atoms with Gasteiger partial charge < -0.3 is 14.2 Å². The Balaban J connectivity index is 1.92. The molecule has 3 aromatic rings. The fraction of sp³-hybridized carbons (Fsp3) is 0.261. The molecule has 0 aliphatic carbocycles. The number of hydrogen-bond acceptors (Lipinski definition) is 2. The van der Waals surface area contributed by atoms with Crippen molar-refractivity contribution in [2.45, 2.75) is 32.4 Å². The van der Waals surface area contributed by atoms with Crippen molar-refractivity contribution in [2.75, 3.05) is 12.0 Å². The first-order chi connectivity index (χ1) is 13.0. The number of benzene rings is 2. The van der Waals surface area contributed by atoms with Crippen LogP contribution >= 0.6 is 0 Å². The fourth-order valence-electron chi connectivity index (χ4n) is 3.51. The lowest BCUT2D eigenvalue weighted by atomic mass is 9.98. The third-order valence-electron chi connectivity index (χ3n) is 4.74. The quantitative estimate of drug-likeness (QED) is 0.474. The Morgan fingerprint density at radius 2 is 1.74 bits per heavy atom. The van der Waals surface area contributed by atoms with E-state index in [0.29, 0.717) is 0 Å². The Morgan fingerprint density at radius 3 is 2.48 bits per heavy atom. The van der Waals surface area contributed by atoms with Gasteiger partial charge in [-0.1, -0.05) is 24.3 Å². The Kier molecular flexibility index (Phi) is 4.27. The second-order valence-electron chi connectivity index (χ2n) is 7.79. The predicted molar refractivity (Wildman–Crippen MR) is 111 cm³/mol. The van der Waals surface area contributed by atoms with Crippen LogP contribution < -0.4 is 9.64 Å². The van der Waals surface area contributed by atoms with Gasteiger partial charge in [-0.3, -0.25) is 4.99 Å². The average molecular weight is 359 g/mol. The summed E-state index contributed by atoms with van der Waals surface area (Å²) in [5.41, 5.74) is 4.54. The number of methoxy groups -OCH3 is 1. The first-order valence-electron chi connectivity index (χ1n) is 9.22. The van der Waals surface area contributed by atoms with E-state index in [-0.39, 0.29) is 11.6 Å². The summed E-state index contributed by atoms with van der Waals surface area (Å²) >= 11 is 0. The maximum atomic E-state index is 5.48. The summed E-state index contributed by atoms with van der Waals surface area (Å²) in [7, 11) is 1.71. The predicted octanol–water partition coefficient (Wildman–Crippen LogP) is 5.22. The van der Waals surface area contributed by atoms with Crippen LogP contribution in [0.15, 0.2) is 71.9 Å². The molecule has 2 heterocycles. The van der Waals surface area contributed by atoms with E-state index in [4.69, 9.17) is 9.73 Å². The zero-order valence-corrected chi connectivity index (χ0v) is 16.3. The molecule has 1 aliphatic heterocycles. The Labute approximate surface area is 160 Å². The van der Waals surface area contributed by atoms with E-state index in [1.165, 1.54) is 11.3 Å². The molecule has 138 valence electrons. The molecule has 0 amide bonds. The van der Waals surface area contributed by atoms with Crippen LogP contribution in [0.2, 0.25) is 0 Å². The minimum absolute atomic E-state index is 0.0242. The largest absolute Gasteiger partial charge is 0.497 e. The molecule has 1 aliphatic rings. The summed E-state index contributed by atoms with van der Waals surface area (Å²) in [6, 6.07) is 21.0. The number of ether oxygens (including phenoxy) is 1. The molecule has 27 heavy (non-hydrogen) atoms. The van der Waals surface area contributed by atoms with Gasteiger partial charge in [-0.25, -0.2) is 0 Å². The minimum Gasteiger partial charge on any atom is -0.497 e. The molecule has 0 spiro atoms. The van der Waals surface area contributed by atoms with Gasteiger partial charge in [0, 0.05) is 6.20 Å². The maximum absolute atomic E-state index is 5.48. The number of hydrogen-bond donors (Lipinski definition) is 0. The summed E-state index contributed by atoms with van der Waals surface area (Å²) in [6.45, 7) is 6.34. The van der Waals surface area contributed by atoms with E-state index < -0.39 is 0 Å². The van der Waals surface area contributed by atoms with Crippen molar-refractivity contribution in [3.05, 3.63) is 78.1 Å². The number of nitrogens with zero attached hydrogens (tertiary/aromatic N) is 3. The minimum atomic E-state index is -0.146. The van der Waals surface area contributed by atoms with Gasteiger partial charge in [0.25, 0.3) is 0 Å². The number of fused-ring (bicyclic) bond motifs is 3. The van der Waals surface area contributed by atoms with E-state index in [2.05, 4.69) is 85.0 Å². The van der Waals surface area contributed by atoms with Crippen LogP contribution in [-0.2, 0) is 0 Å². The molecule has 2 aromatic carbocycles. The molecular formula is C23H25N3O. The van der Waals surface area contributed by atoms with Gasteiger partial charge in [0.05, 0.1) is 36.1 Å². The van der Waals surface area contributed by atoms with Gasteiger partial charge in [0.1, 0.15) is 11.8 Å². The molecule has 0 saturated carbocycles. The van der Waals surface area contributed by atoms with Crippen molar-refractivity contribution in [1.29, 1.82) is 0 Å². The highest BCUT2D eigenvalue weighted by Crippen LogP contribution is 2.42. The monoisotopic (exact) mass is 359 g/mol. The molecule has 0 N–H and O–H groups in total. The molecular weight excluding hydrogens is 334 g/mol. The van der Waals surface area contributed by atoms with Gasteiger partial charge in [0.15, 0.2) is 0 Å². The standard InChI is InChI=1S/C23H25N3O/c1-23(2,3)24-16-26-20-12-6-5-11-19(20)25-14-8-13-21(25)22(26)17-9-7-10-18(15-17)27-4/h5-16,22H,1-4H3. The summed E-state index contributed by atoms with van der Waals surface area (Å²) in [5.74, 6) is 0.858. The van der Waals surface area contributed by atoms with E-state index in [9.17, 15) is 0 Å². The third-order valence-corrected chi connectivity index (χ3v) is 4.74. The van der Waals surface area contributed by atoms with Gasteiger partial charge in [-0.05, 0) is 62.7 Å². The van der Waals surface area contributed by atoms with Gasteiger partial charge in [-0.2, -0.15) is 0 Å². The highest BCUT2D eigenvalue weighted by molar-refractivity contribution is 5.87. The molecule has 4 rings (SSSR count). The molecule has 1 aromatic heterocycles. The molecule has 1 unspecified atom stereocenters. The Bertz CT molecular complexity index is 981. The van der Waals surface area contributed by atoms with Crippen LogP contribution in [0.4, 0.5) is 5.69 Å². The van der Waals surface area contributed by atoms with E-state index in [1.54, 1.807) is 7.11 Å². The van der Waals surface area contributed by atoms with Crippen LogP contribution in [0, 0.1) is 0 Å². The second-order valence-corrected chi connectivity index (χ2v) is 7.79. The lowest BCUT2D eigenvalue weighted by Gasteiger charge is -2.38. The molecule has 0 fully saturated rings. The van der Waals surface area contributed by atoms with Crippen LogP contribution in [0.3, 0.4) is 0 Å². The molecule has 0 saturated heterocycles. The average Bonchev–Trinajstić information content (AvgIpc) is 3.15. The fourth-order valence-corrected chi connectivity index (χ4v) is 3.51. The van der Waals surface area contributed by atoms with Crippen LogP contribution in [0.1, 0.15) is 38.1 Å². The Morgan fingerprint density at radius 1 is 0.963 bits per heavy atom. The first-order valence-corrected chi connectivity index (χ1v) is 9.22. The first kappa shape index (κ1) is 17.4. The molecule has 0 bridgehead atoms. The second kappa shape index (κ2) is 6.62. The van der Waals surface area contributed by atoms with Gasteiger partial charge >= 0.3 is 0 Å². The zero-order valence-electron chi connectivity index (χ0n) is 16.3. The summed E-state index contributed by atoms with van der Waals surface area (Å²) < 4.78 is 7.74. The van der Waals surface area contributed by atoms with Gasteiger partial charge in [-0.15, -0.1) is 0 Å². The van der Waals surface area contributed by atoms with Crippen molar-refractivity contribution in [2.24, 2.45) is 4.99 Å². The maximum Gasteiger partial charge on any atom is 0.119 e. The number of anilines is 1. The Hall–Kier alpha value is -3.01. The number of para-hydroxylation sites is 2. The highest BCUT2D eigenvalue weighted by Gasteiger charge is 2.31. The summed E-state index contributed by atoms with van der Waals surface area (Å²) in [6.07, 6.45) is 4.11. The normalized spacial score (nSPS) is 16.3. The lowest BCUT2D eigenvalue weighted by molar-refractivity contribution is 0.414. The molecule has 4 heteroatoms. The van der Waals surface area contributed by atoms with Crippen molar-refractivity contribution in [3.63, 3.8) is 0 Å². The smallest absolute Gasteiger partial charge is 0.119 e. The van der Waals surface area contributed by atoms with Crippen molar-refractivity contribution in [3.8, 4) is 11.4 Å². The van der Waals surface area contributed by atoms with Crippen molar-refractivity contribution < 1.29 is 4.74 Å². The van der Waals surface area contributed by atoms with E-state index in [1.807, 2.05) is 18.5 Å². The lowest BCUT2D eigenvalue weighted by Crippen LogP contribution is -2.35. The number of rotatable bonds is 3. The van der Waals surface area contributed by atoms with Crippen LogP contribution in [0.5, 0.6) is 5.75 Å². The van der Waals surface area contributed by atoms with E-state index in [0.717, 1.165) is 17.1 Å². The zero-order chi connectivity index (χ0) is 19.0. The molecule has 0 radical (unpaired) electrons. The topological polar surface area (TPSA) is 29.8 Å².